The van der Waals surface area contributed by atoms with E-state index in [-0.39, 0.29) is 12.4 Å². The zero-order valence-electron chi connectivity index (χ0n) is 10.0. The maximum Gasteiger partial charge on any atom is 0.215 e. The van der Waals surface area contributed by atoms with Gasteiger partial charge in [0, 0.05) is 6.54 Å². The van der Waals surface area contributed by atoms with Crippen LogP contribution in [0.2, 0.25) is 0 Å². The first-order chi connectivity index (χ1) is 8.07. The minimum Gasteiger partial charge on any atom is -0.392 e. The van der Waals surface area contributed by atoms with Gasteiger partial charge < -0.3 is 5.11 Å². The smallest absolute Gasteiger partial charge is 0.215 e. The van der Waals surface area contributed by atoms with Crippen LogP contribution < -0.4 is 4.72 Å². The van der Waals surface area contributed by atoms with Crippen LogP contribution in [-0.4, -0.2) is 20.1 Å². The first-order valence-electron chi connectivity index (χ1n) is 5.73. The van der Waals surface area contributed by atoms with Crippen molar-refractivity contribution in [3.63, 3.8) is 0 Å². The molecule has 96 valence electrons. The highest BCUT2D eigenvalue weighted by molar-refractivity contribution is 7.88. The van der Waals surface area contributed by atoms with Crippen LogP contribution in [-0.2, 0) is 22.4 Å². The molecule has 0 radical (unpaired) electrons. The predicted molar refractivity (Wildman–Crippen MR) is 67.9 cm³/mol. The van der Waals surface area contributed by atoms with Crippen LogP contribution in [0.15, 0.2) is 24.3 Å². The summed E-state index contributed by atoms with van der Waals surface area (Å²) in [5, 5.41) is 8.87. The average Bonchev–Trinajstić information content (AvgIpc) is 2.30. The van der Waals surface area contributed by atoms with E-state index < -0.39 is 10.0 Å². The first kappa shape index (κ1) is 14.2. The molecular weight excluding hydrogens is 238 g/mol. The van der Waals surface area contributed by atoms with Gasteiger partial charge in [-0.1, -0.05) is 37.6 Å². The van der Waals surface area contributed by atoms with Crippen molar-refractivity contribution in [2.24, 2.45) is 0 Å². The summed E-state index contributed by atoms with van der Waals surface area (Å²) in [5.74, 6) is -0.0115. The summed E-state index contributed by atoms with van der Waals surface area (Å²) in [7, 11) is -3.24. The summed E-state index contributed by atoms with van der Waals surface area (Å²) in [6.45, 7) is 2.48. The van der Waals surface area contributed by atoms with E-state index in [2.05, 4.69) is 4.72 Å². The molecule has 5 heteroatoms. The van der Waals surface area contributed by atoms with Gasteiger partial charge in [0.1, 0.15) is 0 Å². The largest absolute Gasteiger partial charge is 0.392 e. The fourth-order valence-electron chi connectivity index (χ4n) is 1.42. The molecular formula is C12H19NO3S. The number of hydrogen-bond acceptors (Lipinski definition) is 3. The predicted octanol–water partition coefficient (Wildman–Crippen LogP) is 1.40. The second-order valence-corrected chi connectivity index (χ2v) is 5.79. The van der Waals surface area contributed by atoms with E-state index in [0.29, 0.717) is 6.54 Å². The molecule has 0 amide bonds. The van der Waals surface area contributed by atoms with E-state index in [9.17, 15) is 8.42 Å². The molecule has 0 atom stereocenters. The number of aliphatic hydroxyl groups is 1. The summed E-state index contributed by atoms with van der Waals surface area (Å²) in [5.41, 5.74) is 1.51. The molecule has 1 rings (SSSR count). The van der Waals surface area contributed by atoms with Crippen molar-refractivity contribution >= 4 is 10.0 Å². The molecule has 0 aromatic heterocycles. The Bertz CT molecular complexity index is 426. The van der Waals surface area contributed by atoms with Gasteiger partial charge in [0.05, 0.1) is 12.4 Å². The van der Waals surface area contributed by atoms with Gasteiger partial charge in [0.15, 0.2) is 0 Å². The molecule has 0 saturated heterocycles. The lowest BCUT2D eigenvalue weighted by Crippen LogP contribution is -2.26. The zero-order valence-corrected chi connectivity index (χ0v) is 10.8. The van der Waals surface area contributed by atoms with Crippen molar-refractivity contribution in [3.05, 3.63) is 35.4 Å². The van der Waals surface area contributed by atoms with Crippen molar-refractivity contribution in [1.82, 2.24) is 4.72 Å². The highest BCUT2D eigenvalue weighted by atomic mass is 32.2. The normalized spacial score (nSPS) is 11.6. The van der Waals surface area contributed by atoms with Crippen LogP contribution in [0.1, 0.15) is 30.9 Å². The van der Waals surface area contributed by atoms with E-state index in [1.54, 1.807) is 24.3 Å². The maximum absolute atomic E-state index is 11.7. The number of unbranched alkanes of at least 4 members (excludes halogenated alkanes) is 1. The Morgan fingerprint density at radius 3 is 2.29 bits per heavy atom. The molecule has 0 spiro atoms. The molecule has 0 saturated carbocycles. The van der Waals surface area contributed by atoms with E-state index >= 15 is 0 Å². The zero-order chi connectivity index (χ0) is 12.7. The molecule has 1 aromatic rings. The van der Waals surface area contributed by atoms with Gasteiger partial charge in [0.2, 0.25) is 10.0 Å². The van der Waals surface area contributed by atoms with Gasteiger partial charge in [-0.2, -0.15) is 0 Å². The third-order valence-electron chi connectivity index (χ3n) is 2.41. The number of sulfonamides is 1. The number of rotatable bonds is 7. The van der Waals surface area contributed by atoms with E-state index in [4.69, 9.17) is 5.11 Å². The Morgan fingerprint density at radius 1 is 1.18 bits per heavy atom. The van der Waals surface area contributed by atoms with E-state index in [1.807, 2.05) is 6.92 Å². The lowest BCUT2D eigenvalue weighted by Gasteiger charge is -2.06. The number of hydrogen-bond donors (Lipinski definition) is 2. The second kappa shape index (κ2) is 6.74. The molecule has 0 aliphatic heterocycles. The standard InChI is InChI=1S/C12H19NO3S/c1-2-3-8-13-17(15,16)10-12-6-4-11(9-14)5-7-12/h4-7,13-14H,2-3,8-10H2,1H3. The lowest BCUT2D eigenvalue weighted by molar-refractivity contribution is 0.282. The van der Waals surface area contributed by atoms with Gasteiger partial charge in [0.25, 0.3) is 0 Å². The highest BCUT2D eigenvalue weighted by Gasteiger charge is 2.10. The molecule has 0 bridgehead atoms. The summed E-state index contributed by atoms with van der Waals surface area (Å²) in [4.78, 5) is 0. The number of aliphatic hydroxyl groups excluding tert-OH is 1. The van der Waals surface area contributed by atoms with Crippen LogP contribution in [0.5, 0.6) is 0 Å². The van der Waals surface area contributed by atoms with Crippen molar-refractivity contribution in [2.45, 2.75) is 32.1 Å². The summed E-state index contributed by atoms with van der Waals surface area (Å²) < 4.78 is 25.9. The molecule has 17 heavy (non-hydrogen) atoms. The van der Waals surface area contributed by atoms with Gasteiger partial charge >= 0.3 is 0 Å². The first-order valence-corrected chi connectivity index (χ1v) is 7.38. The van der Waals surface area contributed by atoms with Crippen LogP contribution in [0.3, 0.4) is 0 Å². The quantitative estimate of drug-likeness (QED) is 0.726. The van der Waals surface area contributed by atoms with Crippen molar-refractivity contribution < 1.29 is 13.5 Å². The topological polar surface area (TPSA) is 66.4 Å². The number of nitrogens with one attached hydrogen (secondary N) is 1. The molecule has 2 N–H and O–H groups in total. The average molecular weight is 257 g/mol. The Hall–Kier alpha value is -0.910. The number of benzene rings is 1. The Labute approximate surface area is 103 Å². The monoisotopic (exact) mass is 257 g/mol. The fourth-order valence-corrected chi connectivity index (χ4v) is 2.60. The summed E-state index contributed by atoms with van der Waals surface area (Å²) in [6, 6.07) is 6.92. The van der Waals surface area contributed by atoms with Crippen molar-refractivity contribution in [1.29, 1.82) is 0 Å². The molecule has 1 aromatic carbocycles. The summed E-state index contributed by atoms with van der Waals surface area (Å²) in [6.07, 6.45) is 1.82. The van der Waals surface area contributed by atoms with Crippen LogP contribution in [0.4, 0.5) is 0 Å². The van der Waals surface area contributed by atoms with E-state index in [0.717, 1.165) is 24.0 Å². The van der Waals surface area contributed by atoms with Crippen LogP contribution >= 0.6 is 0 Å². The SMILES string of the molecule is CCCCNS(=O)(=O)Cc1ccc(CO)cc1. The van der Waals surface area contributed by atoms with Crippen LogP contribution in [0, 0.1) is 0 Å². The van der Waals surface area contributed by atoms with Crippen molar-refractivity contribution in [3.8, 4) is 0 Å². The Kier molecular flexibility index (Phi) is 5.61. The third kappa shape index (κ3) is 5.30. The minimum atomic E-state index is -3.24. The van der Waals surface area contributed by atoms with Gasteiger partial charge in [-0.05, 0) is 17.5 Å². The van der Waals surface area contributed by atoms with Crippen molar-refractivity contribution in [2.75, 3.05) is 6.54 Å². The molecule has 0 aliphatic rings. The second-order valence-electron chi connectivity index (χ2n) is 3.98. The lowest BCUT2D eigenvalue weighted by atomic mass is 10.2. The highest BCUT2D eigenvalue weighted by Crippen LogP contribution is 2.07. The molecule has 0 heterocycles. The Balaban J connectivity index is 2.56. The van der Waals surface area contributed by atoms with Gasteiger partial charge in [-0.15, -0.1) is 0 Å². The molecule has 0 aliphatic carbocycles. The molecule has 4 nitrogen and oxygen atoms in total. The Morgan fingerprint density at radius 2 is 1.76 bits per heavy atom. The van der Waals surface area contributed by atoms with E-state index in [1.165, 1.54) is 0 Å². The minimum absolute atomic E-state index is 0.0115. The molecule has 0 unspecified atom stereocenters. The van der Waals surface area contributed by atoms with Gasteiger partial charge in [-0.3, -0.25) is 0 Å². The fraction of sp³-hybridized carbons (Fsp3) is 0.500. The summed E-state index contributed by atoms with van der Waals surface area (Å²) >= 11 is 0. The van der Waals surface area contributed by atoms with Gasteiger partial charge in [-0.25, -0.2) is 13.1 Å². The molecule has 0 fully saturated rings. The van der Waals surface area contributed by atoms with Crippen LogP contribution in [0.25, 0.3) is 0 Å². The maximum atomic E-state index is 11.7. The third-order valence-corrected chi connectivity index (χ3v) is 3.77.